The maximum atomic E-state index is 12.3. The van der Waals surface area contributed by atoms with Crippen molar-refractivity contribution in [3.63, 3.8) is 0 Å². The van der Waals surface area contributed by atoms with Crippen LogP contribution in [-0.4, -0.2) is 43.0 Å². The fourth-order valence-corrected chi connectivity index (χ4v) is 2.30. The molecule has 28 heavy (non-hydrogen) atoms. The summed E-state index contributed by atoms with van der Waals surface area (Å²) in [4.78, 5) is 22.6. The summed E-state index contributed by atoms with van der Waals surface area (Å²) in [6.45, 7) is 1.88. The second-order valence-electron chi connectivity index (χ2n) is 5.34. The number of carbonyl (C=O) groups is 1. The van der Waals surface area contributed by atoms with Gasteiger partial charge < -0.3 is 19.3 Å². The summed E-state index contributed by atoms with van der Waals surface area (Å²) in [5.74, 6) is -0.353. The molecule has 0 saturated heterocycles. The van der Waals surface area contributed by atoms with Gasteiger partial charge in [-0.2, -0.15) is 5.10 Å². The van der Waals surface area contributed by atoms with Crippen LogP contribution in [0.25, 0.3) is 0 Å². The minimum Gasteiger partial charge on any atom is -0.500 e. The number of hydrogen-bond acceptors (Lipinski definition) is 8. The van der Waals surface area contributed by atoms with E-state index in [9.17, 15) is 20.0 Å². The molecule has 2 aromatic carbocycles. The van der Waals surface area contributed by atoms with Crippen LogP contribution in [0.15, 0.2) is 35.4 Å². The van der Waals surface area contributed by atoms with Gasteiger partial charge in [-0.3, -0.25) is 14.9 Å². The van der Waals surface area contributed by atoms with Gasteiger partial charge in [0.05, 0.1) is 37.5 Å². The number of phenolic OH excluding ortho intramolecular Hbond substituents is 1. The number of nitrogens with one attached hydrogen (secondary N) is 1. The normalized spacial score (nSPS) is 10.5. The first-order valence-electron chi connectivity index (χ1n) is 8.10. The number of phenols is 1. The van der Waals surface area contributed by atoms with Crippen molar-refractivity contribution in [3.05, 3.63) is 51.6 Å². The second-order valence-corrected chi connectivity index (χ2v) is 5.34. The highest BCUT2D eigenvalue weighted by Gasteiger charge is 2.20. The standard InChI is InChI=1S/C18H19N3O7/c1-4-28-16-8-11(7-14(17(16)22)21(24)25)10-19-20-18(23)13-6-5-12(26-2)9-15(13)27-3/h5-10,22H,4H2,1-3H3,(H,20,23)/b19-10+. The van der Waals surface area contributed by atoms with Crippen molar-refractivity contribution in [2.45, 2.75) is 6.92 Å². The van der Waals surface area contributed by atoms with Crippen LogP contribution in [-0.2, 0) is 0 Å². The van der Waals surface area contributed by atoms with Gasteiger partial charge in [0.15, 0.2) is 5.75 Å². The number of amides is 1. The van der Waals surface area contributed by atoms with Gasteiger partial charge in [-0.05, 0) is 25.1 Å². The lowest BCUT2D eigenvalue weighted by Crippen LogP contribution is -2.18. The fourth-order valence-electron chi connectivity index (χ4n) is 2.30. The van der Waals surface area contributed by atoms with Crippen LogP contribution in [0.5, 0.6) is 23.0 Å². The molecule has 2 aromatic rings. The molecule has 0 atom stereocenters. The monoisotopic (exact) mass is 389 g/mol. The molecule has 0 radical (unpaired) electrons. The van der Waals surface area contributed by atoms with E-state index in [0.717, 1.165) is 6.07 Å². The number of rotatable bonds is 8. The van der Waals surface area contributed by atoms with Crippen molar-refractivity contribution in [1.29, 1.82) is 0 Å². The van der Waals surface area contributed by atoms with Crippen molar-refractivity contribution < 1.29 is 29.0 Å². The van der Waals surface area contributed by atoms with Gasteiger partial charge in [0.1, 0.15) is 11.5 Å². The van der Waals surface area contributed by atoms with E-state index in [4.69, 9.17) is 14.2 Å². The van der Waals surface area contributed by atoms with Crippen LogP contribution in [0.2, 0.25) is 0 Å². The average Bonchev–Trinajstić information content (AvgIpc) is 2.69. The Morgan fingerprint density at radius 1 is 1.25 bits per heavy atom. The molecule has 0 unspecified atom stereocenters. The molecule has 10 heteroatoms. The van der Waals surface area contributed by atoms with Crippen LogP contribution in [0.1, 0.15) is 22.8 Å². The lowest BCUT2D eigenvalue weighted by Gasteiger charge is -2.09. The molecule has 1 amide bonds. The van der Waals surface area contributed by atoms with E-state index in [1.54, 1.807) is 19.1 Å². The van der Waals surface area contributed by atoms with E-state index in [0.29, 0.717) is 11.5 Å². The highest BCUT2D eigenvalue weighted by Crippen LogP contribution is 2.36. The van der Waals surface area contributed by atoms with Crippen molar-refractivity contribution in [2.75, 3.05) is 20.8 Å². The highest BCUT2D eigenvalue weighted by atomic mass is 16.6. The van der Waals surface area contributed by atoms with Crippen molar-refractivity contribution in [2.24, 2.45) is 5.10 Å². The first kappa shape index (κ1) is 20.5. The van der Waals surface area contributed by atoms with Gasteiger partial charge >= 0.3 is 5.69 Å². The van der Waals surface area contributed by atoms with Gasteiger partial charge in [-0.1, -0.05) is 0 Å². The Bertz CT molecular complexity index is 912. The van der Waals surface area contributed by atoms with Gasteiger partial charge in [0, 0.05) is 17.7 Å². The van der Waals surface area contributed by atoms with Crippen LogP contribution in [0, 0.1) is 10.1 Å². The predicted molar refractivity (Wildman–Crippen MR) is 101 cm³/mol. The zero-order valence-electron chi connectivity index (χ0n) is 15.5. The van der Waals surface area contributed by atoms with E-state index >= 15 is 0 Å². The topological polar surface area (TPSA) is 133 Å². The molecule has 0 saturated carbocycles. The molecule has 0 fully saturated rings. The highest BCUT2D eigenvalue weighted by molar-refractivity contribution is 5.97. The van der Waals surface area contributed by atoms with E-state index < -0.39 is 22.3 Å². The second kappa shape index (κ2) is 9.21. The molecular formula is C18H19N3O7. The SMILES string of the molecule is CCOc1cc(/C=N/NC(=O)c2ccc(OC)cc2OC)cc([N+](=O)[O-])c1O. The summed E-state index contributed by atoms with van der Waals surface area (Å²) < 4.78 is 15.4. The van der Waals surface area contributed by atoms with Crippen molar-refractivity contribution in [3.8, 4) is 23.0 Å². The predicted octanol–water partition coefficient (Wildman–Crippen LogP) is 2.48. The van der Waals surface area contributed by atoms with Gasteiger partial charge in [-0.15, -0.1) is 0 Å². The molecule has 0 heterocycles. The molecule has 2 N–H and O–H groups in total. The van der Waals surface area contributed by atoms with E-state index in [1.165, 1.54) is 32.6 Å². The molecule has 0 aromatic heterocycles. The molecule has 0 aliphatic carbocycles. The number of methoxy groups -OCH3 is 2. The third-order valence-electron chi connectivity index (χ3n) is 3.61. The summed E-state index contributed by atoms with van der Waals surface area (Å²) in [5.41, 5.74) is 2.27. The van der Waals surface area contributed by atoms with Gasteiger partial charge in [0.25, 0.3) is 5.91 Å². The van der Waals surface area contributed by atoms with Crippen molar-refractivity contribution >= 4 is 17.8 Å². The molecule has 0 aliphatic rings. The Morgan fingerprint density at radius 3 is 2.61 bits per heavy atom. The van der Waals surface area contributed by atoms with E-state index in [2.05, 4.69) is 10.5 Å². The molecule has 0 spiro atoms. The van der Waals surface area contributed by atoms with Crippen molar-refractivity contribution in [1.82, 2.24) is 5.43 Å². The number of nitrogens with zero attached hydrogens (tertiary/aromatic N) is 2. The minimum absolute atomic E-state index is 0.0544. The number of nitro groups is 1. The maximum absolute atomic E-state index is 12.3. The number of benzene rings is 2. The van der Waals surface area contributed by atoms with Crippen LogP contribution in [0.4, 0.5) is 5.69 Å². The minimum atomic E-state index is -0.740. The maximum Gasteiger partial charge on any atom is 0.315 e. The Morgan fingerprint density at radius 2 is 2.00 bits per heavy atom. The largest absolute Gasteiger partial charge is 0.500 e. The van der Waals surface area contributed by atoms with Gasteiger partial charge in [0.2, 0.25) is 5.75 Å². The molecular weight excluding hydrogens is 370 g/mol. The summed E-state index contributed by atoms with van der Waals surface area (Å²) in [7, 11) is 2.91. The zero-order chi connectivity index (χ0) is 20.7. The summed E-state index contributed by atoms with van der Waals surface area (Å²) in [6.07, 6.45) is 1.20. The molecule has 0 bridgehead atoms. The first-order valence-corrected chi connectivity index (χ1v) is 8.10. The molecule has 148 valence electrons. The zero-order valence-corrected chi connectivity index (χ0v) is 15.5. The number of carbonyl (C=O) groups excluding carboxylic acids is 1. The number of hydrazone groups is 1. The lowest BCUT2D eigenvalue weighted by atomic mass is 10.2. The number of ether oxygens (including phenoxy) is 3. The number of hydrogen-bond donors (Lipinski definition) is 2. The van der Waals surface area contributed by atoms with Crippen LogP contribution in [0.3, 0.4) is 0 Å². The Labute approximate surface area is 160 Å². The smallest absolute Gasteiger partial charge is 0.315 e. The molecule has 2 rings (SSSR count). The summed E-state index contributed by atoms with van der Waals surface area (Å²) in [6, 6.07) is 7.15. The Hall–Kier alpha value is -3.82. The van der Waals surface area contributed by atoms with Crippen LogP contribution < -0.4 is 19.6 Å². The van der Waals surface area contributed by atoms with Gasteiger partial charge in [-0.25, -0.2) is 5.43 Å². The quantitative estimate of drug-likeness (QED) is 0.402. The first-order chi connectivity index (χ1) is 13.4. The average molecular weight is 389 g/mol. The van der Waals surface area contributed by atoms with E-state index in [-0.39, 0.29) is 23.5 Å². The summed E-state index contributed by atoms with van der Waals surface area (Å²) >= 11 is 0. The Kier molecular flexibility index (Phi) is 6.74. The fraction of sp³-hybridized carbons (Fsp3) is 0.222. The number of aromatic hydroxyl groups is 1. The Balaban J connectivity index is 2.22. The third kappa shape index (κ3) is 4.67. The third-order valence-corrected chi connectivity index (χ3v) is 3.61. The molecule has 10 nitrogen and oxygen atoms in total. The lowest BCUT2D eigenvalue weighted by molar-refractivity contribution is -0.386. The van der Waals surface area contributed by atoms with E-state index in [1.807, 2.05) is 0 Å². The van der Waals surface area contributed by atoms with Crippen LogP contribution >= 0.6 is 0 Å². The summed E-state index contributed by atoms with van der Waals surface area (Å²) in [5, 5.41) is 24.7. The molecule has 0 aliphatic heterocycles. The number of nitro benzene ring substituents is 1.